The first-order valence-corrected chi connectivity index (χ1v) is 25.6. The van der Waals surface area contributed by atoms with Gasteiger partial charge in [0.05, 0.1) is 34.4 Å². The largest absolute Gasteiger partial charge is 0.477 e. The minimum absolute atomic E-state index is 0.212. The molecule has 2 N–H and O–H groups in total. The monoisotopic (exact) mass is 851 g/mol. The Morgan fingerprint density at radius 3 is 1.23 bits per heavy atom. The number of unbranched alkanes of at least 4 members (excludes halogenated alkanes) is 32. The molecule has 0 aliphatic heterocycles. The van der Waals surface area contributed by atoms with E-state index in [9.17, 15) is 19.8 Å². The number of carbonyl (C=O) groups excluding carboxylic acids is 1. The topological polar surface area (TPSA) is 102 Å². The Morgan fingerprint density at radius 1 is 0.500 bits per heavy atom. The van der Waals surface area contributed by atoms with Crippen LogP contribution in [0.3, 0.4) is 0 Å². The first-order chi connectivity index (χ1) is 29.2. The van der Waals surface area contributed by atoms with Crippen LogP contribution < -0.4 is 0 Å². The number of carbonyl (C=O) groups is 2. The molecule has 0 bridgehead atoms. The summed E-state index contributed by atoms with van der Waals surface area (Å²) in [6.45, 7) is 2.61. The van der Waals surface area contributed by atoms with Crippen molar-refractivity contribution in [1.82, 2.24) is 0 Å². The zero-order chi connectivity index (χ0) is 44.0. The zero-order valence-electron chi connectivity index (χ0n) is 40.1. The second-order valence-corrected chi connectivity index (χ2v) is 18.7. The van der Waals surface area contributed by atoms with Gasteiger partial charge in [0.15, 0.2) is 0 Å². The molecular weight excluding hydrogens is 751 g/mol. The molecule has 2 atom stereocenters. The van der Waals surface area contributed by atoms with E-state index in [1.54, 1.807) is 0 Å². The van der Waals surface area contributed by atoms with Crippen LogP contribution in [-0.2, 0) is 23.8 Å². The molecule has 2 unspecified atom stereocenters. The van der Waals surface area contributed by atoms with Gasteiger partial charge in [0.2, 0.25) is 0 Å². The van der Waals surface area contributed by atoms with Crippen LogP contribution in [0.5, 0.6) is 0 Å². The van der Waals surface area contributed by atoms with Crippen molar-refractivity contribution < 1.29 is 38.5 Å². The molecule has 0 amide bonds. The van der Waals surface area contributed by atoms with Crippen molar-refractivity contribution in [3.05, 3.63) is 24.3 Å². The Bertz CT molecular complexity index is 978. The van der Waals surface area contributed by atoms with E-state index < -0.39 is 18.4 Å². The number of aliphatic hydroxyl groups excluding tert-OH is 1. The van der Waals surface area contributed by atoms with Gasteiger partial charge >= 0.3 is 11.9 Å². The number of hydrogen-bond acceptors (Lipinski definition) is 6. The average molecular weight is 851 g/mol. The Hall–Kier alpha value is -1.74. The van der Waals surface area contributed by atoms with Crippen molar-refractivity contribution in [3.63, 3.8) is 0 Å². The summed E-state index contributed by atoms with van der Waals surface area (Å²) in [5.74, 6) is -1.60. The lowest BCUT2D eigenvalue weighted by atomic mass is 10.0. The lowest BCUT2D eigenvalue weighted by Gasteiger charge is -2.24. The van der Waals surface area contributed by atoms with Gasteiger partial charge in [-0.3, -0.25) is 4.79 Å². The van der Waals surface area contributed by atoms with Crippen molar-refractivity contribution in [2.45, 2.75) is 250 Å². The molecule has 0 aliphatic rings. The first-order valence-electron chi connectivity index (χ1n) is 25.6. The van der Waals surface area contributed by atoms with E-state index >= 15 is 0 Å². The van der Waals surface area contributed by atoms with E-state index in [-0.39, 0.29) is 25.8 Å². The number of ether oxygens (including phenoxy) is 3. The van der Waals surface area contributed by atoms with Gasteiger partial charge < -0.3 is 28.9 Å². The number of likely N-dealkylation sites (N-methyl/N-ethyl adjacent to an activating group) is 1. The fourth-order valence-corrected chi connectivity index (χ4v) is 7.46. The third kappa shape index (κ3) is 47.3. The minimum Gasteiger partial charge on any atom is -0.477 e. The lowest BCUT2D eigenvalue weighted by Crippen LogP contribution is -2.40. The van der Waals surface area contributed by atoms with Crippen molar-refractivity contribution in [2.75, 3.05) is 47.5 Å². The van der Waals surface area contributed by atoms with Crippen LogP contribution in [0.2, 0.25) is 0 Å². The maximum absolute atomic E-state index is 12.0. The molecule has 0 fully saturated rings. The molecule has 0 aromatic heterocycles. The fourth-order valence-electron chi connectivity index (χ4n) is 7.46. The van der Waals surface area contributed by atoms with Crippen LogP contribution in [0, 0.1) is 0 Å². The number of allylic oxidation sites excluding steroid dienone is 4. The van der Waals surface area contributed by atoms with Gasteiger partial charge in [-0.05, 0) is 38.5 Å². The van der Waals surface area contributed by atoms with E-state index in [2.05, 4.69) is 31.2 Å². The number of aliphatic hydroxyl groups is 1. The number of quaternary nitrogens is 1. The second kappa shape index (κ2) is 45.3. The fraction of sp³-hybridized carbons (Fsp3) is 0.885. The number of carboxylic acid groups (broad SMARTS) is 1. The number of esters is 1. The molecule has 354 valence electrons. The standard InChI is InChI=1S/C52H99NO7/c1-5-6-7-8-9-10-11-12-13-14-15-16-17-18-19-20-21-22-23-24-25-26-27-28-29-30-31-32-33-34-35-36-37-38-39-40-41-42-43-44-50(55)59-47-49(54)48-60-52(51(56)57)58-46-45-53(2,3)4/h11-12,14-15,49,52,54H,5-10,13,16-48H2,1-4H3/p+1/b12-11-,15-14-. The van der Waals surface area contributed by atoms with Crippen molar-refractivity contribution in [1.29, 1.82) is 0 Å². The van der Waals surface area contributed by atoms with E-state index in [4.69, 9.17) is 14.2 Å². The molecule has 0 rings (SSSR count). The van der Waals surface area contributed by atoms with Gasteiger partial charge in [0, 0.05) is 6.42 Å². The Labute approximate surface area is 371 Å². The van der Waals surface area contributed by atoms with Crippen LogP contribution in [0.1, 0.15) is 238 Å². The van der Waals surface area contributed by atoms with Crippen LogP contribution in [0.25, 0.3) is 0 Å². The van der Waals surface area contributed by atoms with Gasteiger partial charge in [-0.2, -0.15) is 0 Å². The molecule has 0 aliphatic carbocycles. The SMILES string of the molecule is CCCCCCC/C=C\C/C=C\CCCCCCCCCCCCCCCCCCCCCCCCCCCCCC(=O)OCC(O)COC(OCC[N+](C)(C)C)C(=O)O. The average Bonchev–Trinajstić information content (AvgIpc) is 3.21. The summed E-state index contributed by atoms with van der Waals surface area (Å²) in [5, 5.41) is 19.3. The highest BCUT2D eigenvalue weighted by molar-refractivity contribution is 5.70. The molecular formula is C52H100NO7+. The number of rotatable bonds is 48. The third-order valence-corrected chi connectivity index (χ3v) is 11.4. The molecule has 0 aromatic rings. The van der Waals surface area contributed by atoms with Gasteiger partial charge in [-0.25, -0.2) is 4.79 Å². The van der Waals surface area contributed by atoms with Crippen LogP contribution in [0.4, 0.5) is 0 Å². The molecule has 8 nitrogen and oxygen atoms in total. The first kappa shape index (κ1) is 58.3. The normalized spacial score (nSPS) is 13.2. The van der Waals surface area contributed by atoms with Gasteiger partial charge in [-0.1, -0.05) is 217 Å². The summed E-state index contributed by atoms with van der Waals surface area (Å²) in [6, 6.07) is 0. The van der Waals surface area contributed by atoms with Crippen LogP contribution in [0.15, 0.2) is 24.3 Å². The predicted molar refractivity (Wildman–Crippen MR) is 253 cm³/mol. The van der Waals surface area contributed by atoms with E-state index in [0.717, 1.165) is 25.7 Å². The van der Waals surface area contributed by atoms with Gasteiger partial charge in [-0.15, -0.1) is 0 Å². The third-order valence-electron chi connectivity index (χ3n) is 11.4. The number of carboxylic acids is 1. The maximum atomic E-state index is 12.0. The zero-order valence-corrected chi connectivity index (χ0v) is 40.1. The molecule has 0 spiro atoms. The molecule has 0 saturated carbocycles. The summed E-state index contributed by atoms with van der Waals surface area (Å²) >= 11 is 0. The van der Waals surface area contributed by atoms with E-state index in [1.807, 2.05) is 21.1 Å². The van der Waals surface area contributed by atoms with Crippen LogP contribution >= 0.6 is 0 Å². The van der Waals surface area contributed by atoms with Crippen molar-refractivity contribution >= 4 is 11.9 Å². The lowest BCUT2D eigenvalue weighted by molar-refractivity contribution is -0.870. The Kier molecular flexibility index (Phi) is 44.0. The quantitative estimate of drug-likeness (QED) is 0.0207. The summed E-state index contributed by atoms with van der Waals surface area (Å²) in [4.78, 5) is 23.4. The number of nitrogens with zero attached hydrogens (tertiary/aromatic N) is 1. The molecule has 8 heteroatoms. The summed E-state index contributed by atoms with van der Waals surface area (Å²) < 4.78 is 16.2. The number of aliphatic carboxylic acids is 1. The molecule has 0 radical (unpaired) electrons. The van der Waals surface area contributed by atoms with Crippen LogP contribution in [-0.4, -0.2) is 86.5 Å². The highest BCUT2D eigenvalue weighted by Gasteiger charge is 2.22. The maximum Gasteiger partial charge on any atom is 0.361 e. The Balaban J connectivity index is 3.32. The Morgan fingerprint density at radius 2 is 0.867 bits per heavy atom. The number of hydrogen-bond donors (Lipinski definition) is 2. The van der Waals surface area contributed by atoms with Crippen molar-refractivity contribution in [3.8, 4) is 0 Å². The van der Waals surface area contributed by atoms with Gasteiger partial charge in [0.25, 0.3) is 6.29 Å². The molecule has 60 heavy (non-hydrogen) atoms. The molecule has 0 heterocycles. The smallest absolute Gasteiger partial charge is 0.361 e. The minimum atomic E-state index is -1.46. The summed E-state index contributed by atoms with van der Waals surface area (Å²) in [6.07, 6.45) is 54.2. The highest BCUT2D eigenvalue weighted by Crippen LogP contribution is 2.17. The highest BCUT2D eigenvalue weighted by atomic mass is 16.7. The molecule has 0 aromatic carbocycles. The summed E-state index contributed by atoms with van der Waals surface area (Å²) in [5.41, 5.74) is 0. The second-order valence-electron chi connectivity index (χ2n) is 18.7. The summed E-state index contributed by atoms with van der Waals surface area (Å²) in [7, 11) is 5.93. The predicted octanol–water partition coefficient (Wildman–Crippen LogP) is 14.2. The van der Waals surface area contributed by atoms with Crippen molar-refractivity contribution in [2.24, 2.45) is 0 Å². The van der Waals surface area contributed by atoms with E-state index in [0.29, 0.717) is 17.4 Å². The van der Waals surface area contributed by atoms with Gasteiger partial charge in [0.1, 0.15) is 19.3 Å². The van der Waals surface area contributed by atoms with E-state index in [1.165, 1.54) is 199 Å². The molecule has 0 saturated heterocycles.